The van der Waals surface area contributed by atoms with Crippen LogP contribution in [0.4, 0.5) is 4.39 Å². The molecule has 2 rings (SSSR count). The summed E-state index contributed by atoms with van der Waals surface area (Å²) in [6.45, 7) is 0. The highest BCUT2D eigenvalue weighted by atomic mass is 32.1. The Balaban J connectivity index is 2.58. The number of nitrogens with one attached hydrogen (secondary N) is 1. The molecule has 0 spiro atoms. The molecule has 0 aliphatic carbocycles. The van der Waals surface area contributed by atoms with Crippen molar-refractivity contribution in [3.63, 3.8) is 0 Å². The van der Waals surface area contributed by atoms with Gasteiger partial charge in [0.25, 0.3) is 0 Å². The molecule has 68 valence electrons. The van der Waals surface area contributed by atoms with E-state index in [4.69, 9.17) is 0 Å². The average Bonchev–Trinajstić information content (AvgIpc) is 2.49. The number of rotatable bonds is 2. The van der Waals surface area contributed by atoms with Gasteiger partial charge in [-0.05, 0) is 35.9 Å². The Hall–Kier alpha value is -0.960. The number of H-pyrrole nitrogens is 1. The summed E-state index contributed by atoms with van der Waals surface area (Å²) in [7, 11) is 0. The first-order valence-electron chi connectivity index (χ1n) is 4.17. The third kappa shape index (κ3) is 1.56. The highest BCUT2D eigenvalue weighted by Crippen LogP contribution is 2.19. The maximum Gasteiger partial charge on any atom is 0.123 e. The van der Waals surface area contributed by atoms with Crippen LogP contribution >= 0.6 is 12.6 Å². The Bertz CT molecular complexity index is 422. The second-order valence-electron chi connectivity index (χ2n) is 2.98. The quantitative estimate of drug-likeness (QED) is 0.685. The van der Waals surface area contributed by atoms with Gasteiger partial charge in [0.2, 0.25) is 0 Å². The summed E-state index contributed by atoms with van der Waals surface area (Å²) in [5, 5.41) is 0.967. The SMILES string of the molecule is Fc1ccc2[nH]cc(CCS)c2c1. The van der Waals surface area contributed by atoms with Gasteiger partial charge in [0, 0.05) is 17.1 Å². The van der Waals surface area contributed by atoms with Gasteiger partial charge in [-0.2, -0.15) is 12.6 Å². The molecular weight excluding hydrogens is 185 g/mol. The van der Waals surface area contributed by atoms with Crippen molar-refractivity contribution in [2.24, 2.45) is 0 Å². The molecule has 1 heterocycles. The second-order valence-corrected chi connectivity index (χ2v) is 3.42. The fourth-order valence-corrected chi connectivity index (χ4v) is 1.72. The van der Waals surface area contributed by atoms with Gasteiger partial charge < -0.3 is 4.98 Å². The molecule has 0 amide bonds. The summed E-state index contributed by atoms with van der Waals surface area (Å²) in [6, 6.07) is 4.78. The van der Waals surface area contributed by atoms with Crippen LogP contribution in [-0.2, 0) is 6.42 Å². The van der Waals surface area contributed by atoms with Crippen LogP contribution in [0.2, 0.25) is 0 Å². The third-order valence-corrected chi connectivity index (χ3v) is 2.33. The van der Waals surface area contributed by atoms with E-state index in [1.54, 1.807) is 12.1 Å². The molecule has 0 saturated heterocycles. The Morgan fingerprint density at radius 3 is 3.00 bits per heavy atom. The maximum atomic E-state index is 12.9. The molecule has 2 aromatic rings. The third-order valence-electron chi connectivity index (χ3n) is 2.11. The fourth-order valence-electron chi connectivity index (χ4n) is 1.48. The number of thiol groups is 1. The van der Waals surface area contributed by atoms with Crippen molar-refractivity contribution in [3.8, 4) is 0 Å². The average molecular weight is 195 g/mol. The van der Waals surface area contributed by atoms with Gasteiger partial charge in [0.05, 0.1) is 0 Å². The smallest absolute Gasteiger partial charge is 0.123 e. The van der Waals surface area contributed by atoms with Gasteiger partial charge in [0.1, 0.15) is 5.82 Å². The summed E-state index contributed by atoms with van der Waals surface area (Å²) in [6.07, 6.45) is 2.78. The molecule has 3 heteroatoms. The standard InChI is InChI=1S/C10H10FNS/c11-8-1-2-10-9(5-8)7(3-4-13)6-12-10/h1-2,5-6,12-13H,3-4H2. The number of benzene rings is 1. The van der Waals surface area contributed by atoms with Crippen LogP contribution in [-0.4, -0.2) is 10.7 Å². The largest absolute Gasteiger partial charge is 0.361 e. The van der Waals surface area contributed by atoms with E-state index < -0.39 is 0 Å². The normalized spacial score (nSPS) is 10.9. The number of aryl methyl sites for hydroxylation is 1. The fraction of sp³-hybridized carbons (Fsp3) is 0.200. The van der Waals surface area contributed by atoms with Gasteiger partial charge in [-0.3, -0.25) is 0 Å². The second kappa shape index (κ2) is 3.42. The van der Waals surface area contributed by atoms with E-state index in [1.165, 1.54) is 6.07 Å². The lowest BCUT2D eigenvalue weighted by Gasteiger charge is -1.95. The number of aromatic amines is 1. The number of fused-ring (bicyclic) bond motifs is 1. The predicted octanol–water partition coefficient (Wildman–Crippen LogP) is 2.78. The highest BCUT2D eigenvalue weighted by molar-refractivity contribution is 7.80. The first kappa shape index (κ1) is 8.63. The molecule has 1 N–H and O–H groups in total. The lowest BCUT2D eigenvalue weighted by Crippen LogP contribution is -1.83. The molecule has 1 aromatic heterocycles. The van der Waals surface area contributed by atoms with Gasteiger partial charge in [-0.15, -0.1) is 0 Å². The summed E-state index contributed by atoms with van der Waals surface area (Å²) in [5.74, 6) is 0.594. The lowest BCUT2D eigenvalue weighted by molar-refractivity contribution is 0.629. The predicted molar refractivity (Wildman–Crippen MR) is 55.8 cm³/mol. The van der Waals surface area contributed by atoms with E-state index in [1.807, 2.05) is 6.20 Å². The first-order valence-corrected chi connectivity index (χ1v) is 4.81. The minimum atomic E-state index is -0.187. The molecule has 0 fully saturated rings. The summed E-state index contributed by atoms with van der Waals surface area (Å²) < 4.78 is 12.9. The van der Waals surface area contributed by atoms with E-state index in [0.717, 1.165) is 28.6 Å². The van der Waals surface area contributed by atoms with Gasteiger partial charge in [-0.25, -0.2) is 4.39 Å². The van der Waals surface area contributed by atoms with Gasteiger partial charge in [0.15, 0.2) is 0 Å². The van der Waals surface area contributed by atoms with Crippen LogP contribution in [0.3, 0.4) is 0 Å². The van der Waals surface area contributed by atoms with Crippen molar-refractivity contribution in [1.29, 1.82) is 0 Å². The van der Waals surface area contributed by atoms with Gasteiger partial charge >= 0.3 is 0 Å². The minimum Gasteiger partial charge on any atom is -0.361 e. The number of aromatic nitrogens is 1. The molecule has 0 atom stereocenters. The van der Waals surface area contributed by atoms with Crippen molar-refractivity contribution in [1.82, 2.24) is 4.98 Å². The van der Waals surface area contributed by atoms with E-state index in [2.05, 4.69) is 17.6 Å². The molecular formula is C10H10FNS. The molecule has 1 nitrogen and oxygen atoms in total. The van der Waals surface area contributed by atoms with E-state index >= 15 is 0 Å². The van der Waals surface area contributed by atoms with E-state index in [9.17, 15) is 4.39 Å². The van der Waals surface area contributed by atoms with Crippen molar-refractivity contribution < 1.29 is 4.39 Å². The molecule has 1 aromatic carbocycles. The van der Waals surface area contributed by atoms with Crippen LogP contribution in [0.1, 0.15) is 5.56 Å². The lowest BCUT2D eigenvalue weighted by atomic mass is 10.1. The van der Waals surface area contributed by atoms with Crippen molar-refractivity contribution in [2.45, 2.75) is 6.42 Å². The molecule has 0 bridgehead atoms. The zero-order chi connectivity index (χ0) is 9.26. The summed E-state index contributed by atoms with van der Waals surface area (Å²) in [5.41, 5.74) is 2.11. The maximum absolute atomic E-state index is 12.9. The highest BCUT2D eigenvalue weighted by Gasteiger charge is 2.03. The van der Waals surface area contributed by atoms with Crippen LogP contribution in [0, 0.1) is 5.82 Å². The zero-order valence-electron chi connectivity index (χ0n) is 7.05. The number of hydrogen-bond donors (Lipinski definition) is 2. The molecule has 0 aliphatic rings. The van der Waals surface area contributed by atoms with Crippen LogP contribution < -0.4 is 0 Å². The van der Waals surface area contributed by atoms with E-state index in [0.29, 0.717) is 0 Å². The Morgan fingerprint density at radius 1 is 1.38 bits per heavy atom. The number of hydrogen-bond acceptors (Lipinski definition) is 1. The Kier molecular flexibility index (Phi) is 2.27. The number of halogens is 1. The molecule has 0 radical (unpaired) electrons. The zero-order valence-corrected chi connectivity index (χ0v) is 7.94. The summed E-state index contributed by atoms with van der Waals surface area (Å²) in [4.78, 5) is 3.10. The Morgan fingerprint density at radius 2 is 2.23 bits per heavy atom. The molecule has 0 unspecified atom stereocenters. The van der Waals surface area contributed by atoms with Crippen LogP contribution in [0.25, 0.3) is 10.9 Å². The topological polar surface area (TPSA) is 15.8 Å². The first-order chi connectivity index (χ1) is 6.31. The van der Waals surface area contributed by atoms with Crippen molar-refractivity contribution >= 4 is 23.5 Å². The van der Waals surface area contributed by atoms with E-state index in [-0.39, 0.29) is 5.82 Å². The van der Waals surface area contributed by atoms with Crippen molar-refractivity contribution in [3.05, 3.63) is 35.8 Å². The molecule has 0 saturated carbocycles. The van der Waals surface area contributed by atoms with Crippen molar-refractivity contribution in [2.75, 3.05) is 5.75 Å². The Labute approximate surface area is 81.4 Å². The molecule has 0 aliphatic heterocycles. The molecule has 13 heavy (non-hydrogen) atoms. The van der Waals surface area contributed by atoms with Crippen LogP contribution in [0.5, 0.6) is 0 Å². The minimum absolute atomic E-state index is 0.187. The monoisotopic (exact) mass is 195 g/mol. The van der Waals surface area contributed by atoms with Crippen LogP contribution in [0.15, 0.2) is 24.4 Å². The van der Waals surface area contributed by atoms with Gasteiger partial charge in [-0.1, -0.05) is 0 Å². The summed E-state index contributed by atoms with van der Waals surface area (Å²) >= 11 is 4.15.